The van der Waals surface area contributed by atoms with E-state index in [1.807, 2.05) is 52.0 Å². The summed E-state index contributed by atoms with van der Waals surface area (Å²) in [5.41, 5.74) is 2.11. The Morgan fingerprint density at radius 1 is 0.949 bits per heavy atom. The average molecular weight is 554 g/mol. The van der Waals surface area contributed by atoms with Crippen molar-refractivity contribution in [2.24, 2.45) is 5.92 Å². The van der Waals surface area contributed by atoms with Crippen LogP contribution in [0.1, 0.15) is 38.3 Å². The van der Waals surface area contributed by atoms with E-state index in [9.17, 15) is 22.4 Å². The maximum Gasteiger partial charge on any atom is 0.264 e. The first kappa shape index (κ1) is 29.8. The number of anilines is 1. The lowest BCUT2D eigenvalue weighted by molar-refractivity contribution is -0.140. The van der Waals surface area contributed by atoms with E-state index in [1.165, 1.54) is 17.0 Å². The molecule has 0 aliphatic heterocycles. The van der Waals surface area contributed by atoms with E-state index in [4.69, 9.17) is 0 Å². The number of amides is 2. The quantitative estimate of drug-likeness (QED) is 0.345. The summed E-state index contributed by atoms with van der Waals surface area (Å²) in [5, 5.41) is 2.91. The molecule has 0 spiro atoms. The maximum absolute atomic E-state index is 14.0. The second-order valence-corrected chi connectivity index (χ2v) is 11.7. The summed E-state index contributed by atoms with van der Waals surface area (Å²) < 4.78 is 42.0. The number of hydrogen-bond acceptors (Lipinski definition) is 4. The number of hydrogen-bond donors (Lipinski definition) is 1. The van der Waals surface area contributed by atoms with Gasteiger partial charge in [0.2, 0.25) is 11.8 Å². The molecule has 1 N–H and O–H groups in total. The number of rotatable bonds is 12. The molecule has 0 saturated heterocycles. The topological polar surface area (TPSA) is 86.8 Å². The lowest BCUT2D eigenvalue weighted by Crippen LogP contribution is -2.52. The van der Waals surface area contributed by atoms with Gasteiger partial charge in [-0.2, -0.15) is 0 Å². The molecule has 2 amide bonds. The average Bonchev–Trinajstić information content (AvgIpc) is 2.91. The van der Waals surface area contributed by atoms with Gasteiger partial charge in [0.05, 0.1) is 10.6 Å². The van der Waals surface area contributed by atoms with Crippen LogP contribution in [0, 0.1) is 18.7 Å². The van der Waals surface area contributed by atoms with Gasteiger partial charge in [0, 0.05) is 13.1 Å². The Balaban J connectivity index is 2.02. The third-order valence-corrected chi connectivity index (χ3v) is 8.02. The lowest BCUT2D eigenvalue weighted by atomic mass is 10.1. The van der Waals surface area contributed by atoms with Crippen LogP contribution < -0.4 is 9.62 Å². The highest BCUT2D eigenvalue weighted by molar-refractivity contribution is 7.92. The van der Waals surface area contributed by atoms with Crippen molar-refractivity contribution in [2.75, 3.05) is 17.4 Å². The Morgan fingerprint density at radius 2 is 1.62 bits per heavy atom. The van der Waals surface area contributed by atoms with Crippen LogP contribution in [0.3, 0.4) is 0 Å². The van der Waals surface area contributed by atoms with Crippen LogP contribution in [0.25, 0.3) is 0 Å². The van der Waals surface area contributed by atoms with Crippen LogP contribution in [0.2, 0.25) is 0 Å². The summed E-state index contributed by atoms with van der Waals surface area (Å²) in [4.78, 5) is 28.5. The molecule has 0 unspecified atom stereocenters. The first-order chi connectivity index (χ1) is 18.5. The molecule has 0 fully saturated rings. The molecular formula is C30H36FN3O4S. The molecular weight excluding hydrogens is 517 g/mol. The highest BCUT2D eigenvalue weighted by Crippen LogP contribution is 2.25. The van der Waals surface area contributed by atoms with Gasteiger partial charge < -0.3 is 10.2 Å². The van der Waals surface area contributed by atoms with Crippen molar-refractivity contribution in [3.63, 3.8) is 0 Å². The maximum atomic E-state index is 14.0. The molecule has 0 heterocycles. The zero-order chi connectivity index (χ0) is 28.6. The minimum absolute atomic E-state index is 0.132. The highest BCUT2D eigenvalue weighted by atomic mass is 32.2. The number of benzene rings is 3. The summed E-state index contributed by atoms with van der Waals surface area (Å²) in [6, 6.07) is 19.6. The summed E-state index contributed by atoms with van der Waals surface area (Å²) in [6.07, 6.45) is 0.345. The molecule has 1 atom stereocenters. The van der Waals surface area contributed by atoms with Crippen LogP contribution in [0.5, 0.6) is 0 Å². The Hall–Kier alpha value is -3.72. The molecule has 0 radical (unpaired) electrons. The van der Waals surface area contributed by atoms with E-state index in [2.05, 4.69) is 5.32 Å². The largest absolute Gasteiger partial charge is 0.354 e. The van der Waals surface area contributed by atoms with E-state index in [-0.39, 0.29) is 29.0 Å². The SMILES string of the molecule is CC[C@@H](C(=O)NCC(C)C)N(Cc1cccc(C)c1)C(=O)CN(c1ccccc1)S(=O)(=O)c1ccc(F)cc1. The monoisotopic (exact) mass is 553 g/mol. The number of aryl methyl sites for hydroxylation is 1. The van der Waals surface area contributed by atoms with Gasteiger partial charge in [0.1, 0.15) is 18.4 Å². The number of para-hydroxylation sites is 1. The Morgan fingerprint density at radius 3 is 2.21 bits per heavy atom. The number of halogens is 1. The molecule has 9 heteroatoms. The van der Waals surface area contributed by atoms with Crippen molar-refractivity contribution in [2.45, 2.75) is 51.6 Å². The summed E-state index contributed by atoms with van der Waals surface area (Å²) in [7, 11) is -4.23. The Labute approximate surface area is 230 Å². The van der Waals surface area contributed by atoms with Gasteiger partial charge >= 0.3 is 0 Å². The highest BCUT2D eigenvalue weighted by Gasteiger charge is 2.33. The van der Waals surface area contributed by atoms with Gasteiger partial charge in [-0.1, -0.05) is 68.8 Å². The second-order valence-electron chi connectivity index (χ2n) is 9.87. The number of nitrogens with zero attached hydrogens (tertiary/aromatic N) is 2. The molecule has 39 heavy (non-hydrogen) atoms. The van der Waals surface area contributed by atoms with E-state index in [0.717, 1.165) is 27.6 Å². The summed E-state index contributed by atoms with van der Waals surface area (Å²) in [6.45, 7) is 7.77. The first-order valence-corrected chi connectivity index (χ1v) is 14.4. The van der Waals surface area contributed by atoms with Crippen molar-refractivity contribution < 1.29 is 22.4 Å². The van der Waals surface area contributed by atoms with E-state index >= 15 is 0 Å². The first-order valence-electron chi connectivity index (χ1n) is 13.0. The smallest absolute Gasteiger partial charge is 0.264 e. The van der Waals surface area contributed by atoms with Crippen molar-refractivity contribution in [3.8, 4) is 0 Å². The normalized spacial score (nSPS) is 12.2. The molecule has 0 aliphatic carbocycles. The molecule has 0 bridgehead atoms. The standard InChI is InChI=1S/C30H36FN3O4S/c1-5-28(30(36)32-19-22(2)3)33(20-24-11-9-10-23(4)18-24)29(35)21-34(26-12-7-6-8-13-26)39(37,38)27-16-14-25(31)15-17-27/h6-18,22,28H,5,19-21H2,1-4H3,(H,32,36)/t28-/m0/s1. The zero-order valence-electron chi connectivity index (χ0n) is 22.8. The van der Waals surface area contributed by atoms with Gasteiger partial charge in [-0.3, -0.25) is 13.9 Å². The van der Waals surface area contributed by atoms with E-state index in [1.54, 1.807) is 30.3 Å². The molecule has 3 aromatic carbocycles. The fourth-order valence-electron chi connectivity index (χ4n) is 4.21. The van der Waals surface area contributed by atoms with Crippen LogP contribution in [-0.4, -0.2) is 44.3 Å². The summed E-state index contributed by atoms with van der Waals surface area (Å²) in [5.74, 6) is -1.17. The third-order valence-electron chi connectivity index (χ3n) is 6.23. The predicted molar refractivity (Wildman–Crippen MR) is 151 cm³/mol. The van der Waals surface area contributed by atoms with Crippen molar-refractivity contribution in [3.05, 3.63) is 95.8 Å². The molecule has 3 aromatic rings. The lowest BCUT2D eigenvalue weighted by Gasteiger charge is -2.33. The molecule has 0 saturated carbocycles. The van der Waals surface area contributed by atoms with Gasteiger partial charge in [-0.25, -0.2) is 12.8 Å². The molecule has 7 nitrogen and oxygen atoms in total. The van der Waals surface area contributed by atoms with Gasteiger partial charge in [-0.15, -0.1) is 0 Å². The van der Waals surface area contributed by atoms with Gasteiger partial charge in [0.15, 0.2) is 0 Å². The third kappa shape index (κ3) is 7.89. The minimum atomic E-state index is -4.23. The zero-order valence-corrected chi connectivity index (χ0v) is 23.6. The van der Waals surface area contributed by atoms with Crippen LogP contribution in [0.4, 0.5) is 10.1 Å². The van der Waals surface area contributed by atoms with Crippen LogP contribution in [0.15, 0.2) is 83.8 Å². The van der Waals surface area contributed by atoms with E-state index < -0.39 is 34.3 Å². The molecule has 0 aromatic heterocycles. The molecule has 208 valence electrons. The van der Waals surface area contributed by atoms with Gasteiger partial charge in [-0.05, 0) is 61.2 Å². The van der Waals surface area contributed by atoms with Crippen molar-refractivity contribution in [1.29, 1.82) is 0 Å². The minimum Gasteiger partial charge on any atom is -0.354 e. The second kappa shape index (κ2) is 13.4. The van der Waals surface area contributed by atoms with Crippen LogP contribution in [-0.2, 0) is 26.2 Å². The fraction of sp³-hybridized carbons (Fsp3) is 0.333. The van der Waals surface area contributed by atoms with Gasteiger partial charge in [0.25, 0.3) is 10.0 Å². The Kier molecular flexibility index (Phi) is 10.2. The number of nitrogens with one attached hydrogen (secondary N) is 1. The Bertz CT molecular complexity index is 1360. The van der Waals surface area contributed by atoms with E-state index in [0.29, 0.717) is 13.0 Å². The predicted octanol–water partition coefficient (Wildman–Crippen LogP) is 4.91. The van der Waals surface area contributed by atoms with Crippen molar-refractivity contribution >= 4 is 27.5 Å². The number of carbonyl (C=O) groups is 2. The molecule has 0 aliphatic rings. The van der Waals surface area contributed by atoms with Crippen molar-refractivity contribution in [1.82, 2.24) is 10.2 Å². The molecule has 3 rings (SSSR count). The van der Waals surface area contributed by atoms with Crippen LogP contribution >= 0.6 is 0 Å². The number of carbonyl (C=O) groups excluding carboxylic acids is 2. The number of sulfonamides is 1. The summed E-state index contributed by atoms with van der Waals surface area (Å²) >= 11 is 0. The fourth-order valence-corrected chi connectivity index (χ4v) is 5.62.